The summed E-state index contributed by atoms with van der Waals surface area (Å²) >= 11 is 7.79. The largest absolute Gasteiger partial charge is 0.314 e. The number of halogens is 1. The lowest BCUT2D eigenvalue weighted by atomic mass is 10.1. The van der Waals surface area contributed by atoms with Crippen LogP contribution in [0.3, 0.4) is 0 Å². The molecule has 0 saturated carbocycles. The van der Waals surface area contributed by atoms with E-state index in [0.717, 1.165) is 30.5 Å². The highest BCUT2D eigenvalue weighted by molar-refractivity contribution is 7.14. The van der Waals surface area contributed by atoms with Gasteiger partial charge in [-0.1, -0.05) is 24.9 Å². The van der Waals surface area contributed by atoms with Gasteiger partial charge in [-0.05, 0) is 23.4 Å². The van der Waals surface area contributed by atoms with Crippen molar-refractivity contribution < 1.29 is 0 Å². The van der Waals surface area contributed by atoms with E-state index in [4.69, 9.17) is 11.6 Å². The Morgan fingerprint density at radius 1 is 1.62 bits per heavy atom. The third-order valence-corrected chi connectivity index (χ3v) is 4.41. The molecule has 0 radical (unpaired) electrons. The number of piperazine rings is 1. The van der Waals surface area contributed by atoms with Crippen LogP contribution in [0, 0.1) is 0 Å². The lowest BCUT2D eigenvalue weighted by molar-refractivity contribution is 0.144. The van der Waals surface area contributed by atoms with Gasteiger partial charge in [-0.2, -0.15) is 0 Å². The second-order valence-electron chi connectivity index (χ2n) is 4.34. The molecule has 0 aromatic carbocycles. The van der Waals surface area contributed by atoms with Gasteiger partial charge in [0.05, 0.1) is 4.34 Å². The number of nitrogens with zero attached hydrogens (tertiary/aromatic N) is 1. The van der Waals surface area contributed by atoms with E-state index in [1.807, 2.05) is 0 Å². The minimum Gasteiger partial charge on any atom is -0.314 e. The predicted octanol–water partition coefficient (Wildman–Crippen LogP) is 2.98. The van der Waals surface area contributed by atoms with Crippen LogP contribution in [0.5, 0.6) is 0 Å². The molecule has 0 amide bonds. The van der Waals surface area contributed by atoms with Crippen LogP contribution >= 0.6 is 22.9 Å². The molecule has 0 bridgehead atoms. The smallest absolute Gasteiger partial charge is 0.0973 e. The second-order valence-corrected chi connectivity index (χ2v) is 5.85. The van der Waals surface area contributed by atoms with Gasteiger partial charge in [0.15, 0.2) is 0 Å². The monoisotopic (exact) mass is 258 g/mol. The normalized spacial score (nSPS) is 22.5. The molecule has 1 saturated heterocycles. The van der Waals surface area contributed by atoms with E-state index in [-0.39, 0.29) is 0 Å². The number of hydrogen-bond acceptors (Lipinski definition) is 3. The summed E-state index contributed by atoms with van der Waals surface area (Å²) in [5, 5.41) is 5.55. The molecule has 90 valence electrons. The SMILES string of the molecule is CCCC1CNCCN1Cc1ccsc1Cl. The van der Waals surface area contributed by atoms with Gasteiger partial charge in [-0.25, -0.2) is 0 Å². The second kappa shape index (κ2) is 6.01. The van der Waals surface area contributed by atoms with E-state index < -0.39 is 0 Å². The third kappa shape index (κ3) is 2.98. The van der Waals surface area contributed by atoms with E-state index in [1.54, 1.807) is 11.3 Å². The highest BCUT2D eigenvalue weighted by Gasteiger charge is 2.21. The fourth-order valence-electron chi connectivity index (χ4n) is 2.28. The number of rotatable bonds is 4. The van der Waals surface area contributed by atoms with Crippen LogP contribution < -0.4 is 5.32 Å². The molecule has 2 nitrogen and oxygen atoms in total. The highest BCUT2D eigenvalue weighted by atomic mass is 35.5. The topological polar surface area (TPSA) is 15.3 Å². The van der Waals surface area contributed by atoms with Gasteiger partial charge in [0.25, 0.3) is 0 Å². The number of hydrogen-bond donors (Lipinski definition) is 1. The van der Waals surface area contributed by atoms with E-state index in [0.29, 0.717) is 6.04 Å². The average molecular weight is 259 g/mol. The fraction of sp³-hybridized carbons (Fsp3) is 0.667. The van der Waals surface area contributed by atoms with E-state index >= 15 is 0 Å². The Morgan fingerprint density at radius 3 is 3.19 bits per heavy atom. The minimum absolute atomic E-state index is 0.676. The van der Waals surface area contributed by atoms with Crippen molar-refractivity contribution in [2.24, 2.45) is 0 Å². The lowest BCUT2D eigenvalue weighted by Crippen LogP contribution is -2.50. The van der Waals surface area contributed by atoms with Gasteiger partial charge >= 0.3 is 0 Å². The van der Waals surface area contributed by atoms with E-state index in [1.165, 1.54) is 18.4 Å². The Labute approximate surface area is 107 Å². The first-order valence-electron chi connectivity index (χ1n) is 5.98. The molecule has 0 spiro atoms. The molecule has 1 N–H and O–H groups in total. The molecule has 1 atom stereocenters. The van der Waals surface area contributed by atoms with Crippen molar-refractivity contribution in [1.29, 1.82) is 0 Å². The molecule has 1 aromatic heterocycles. The Morgan fingerprint density at radius 2 is 2.50 bits per heavy atom. The van der Waals surface area contributed by atoms with Crippen molar-refractivity contribution >= 4 is 22.9 Å². The molecule has 2 rings (SSSR count). The number of thiophene rings is 1. The molecule has 16 heavy (non-hydrogen) atoms. The van der Waals surface area contributed by atoms with Crippen molar-refractivity contribution in [3.8, 4) is 0 Å². The Kier molecular flexibility index (Phi) is 4.65. The van der Waals surface area contributed by atoms with E-state index in [9.17, 15) is 0 Å². The summed E-state index contributed by atoms with van der Waals surface area (Å²) in [5.41, 5.74) is 1.29. The van der Waals surface area contributed by atoms with Crippen LogP contribution in [0.4, 0.5) is 0 Å². The summed E-state index contributed by atoms with van der Waals surface area (Å²) < 4.78 is 0.953. The molecule has 1 aromatic rings. The van der Waals surface area contributed by atoms with Crippen molar-refractivity contribution in [3.63, 3.8) is 0 Å². The maximum atomic E-state index is 6.16. The van der Waals surface area contributed by atoms with Crippen molar-refractivity contribution in [3.05, 3.63) is 21.3 Å². The van der Waals surface area contributed by atoms with Crippen LogP contribution in [0.2, 0.25) is 4.34 Å². The summed E-state index contributed by atoms with van der Waals surface area (Å²) in [4.78, 5) is 2.56. The Balaban J connectivity index is 1.98. The quantitative estimate of drug-likeness (QED) is 0.893. The molecule has 1 aliphatic rings. The first-order valence-corrected chi connectivity index (χ1v) is 7.23. The lowest BCUT2D eigenvalue weighted by Gasteiger charge is -2.36. The zero-order valence-electron chi connectivity index (χ0n) is 9.71. The summed E-state index contributed by atoms with van der Waals surface area (Å²) in [6.07, 6.45) is 2.52. The molecular formula is C12H19ClN2S. The van der Waals surface area contributed by atoms with Gasteiger partial charge in [0.1, 0.15) is 0 Å². The summed E-state index contributed by atoms with van der Waals surface area (Å²) in [7, 11) is 0. The van der Waals surface area contributed by atoms with Crippen LogP contribution in [-0.2, 0) is 6.54 Å². The zero-order chi connectivity index (χ0) is 11.4. The van der Waals surface area contributed by atoms with Gasteiger partial charge < -0.3 is 5.32 Å². The molecule has 1 unspecified atom stereocenters. The molecular weight excluding hydrogens is 240 g/mol. The maximum Gasteiger partial charge on any atom is 0.0973 e. The molecule has 2 heterocycles. The van der Waals surface area contributed by atoms with Crippen LogP contribution in [0.15, 0.2) is 11.4 Å². The van der Waals surface area contributed by atoms with Gasteiger partial charge in [-0.15, -0.1) is 11.3 Å². The molecule has 1 fully saturated rings. The van der Waals surface area contributed by atoms with Crippen molar-refractivity contribution in [2.75, 3.05) is 19.6 Å². The Hall–Kier alpha value is -0.0900. The van der Waals surface area contributed by atoms with Gasteiger partial charge in [0, 0.05) is 32.2 Å². The molecule has 4 heteroatoms. The van der Waals surface area contributed by atoms with Crippen molar-refractivity contribution in [1.82, 2.24) is 10.2 Å². The van der Waals surface area contributed by atoms with Crippen LogP contribution in [0.25, 0.3) is 0 Å². The fourth-order valence-corrected chi connectivity index (χ4v) is 3.19. The standard InChI is InChI=1S/C12H19ClN2S/c1-2-3-11-8-14-5-6-15(11)9-10-4-7-16-12(10)13/h4,7,11,14H,2-3,5-6,8-9H2,1H3. The first kappa shape index (κ1) is 12.4. The Bertz CT molecular complexity index is 325. The zero-order valence-corrected chi connectivity index (χ0v) is 11.3. The average Bonchev–Trinajstić information content (AvgIpc) is 2.68. The summed E-state index contributed by atoms with van der Waals surface area (Å²) in [6.45, 7) is 6.62. The maximum absolute atomic E-state index is 6.16. The van der Waals surface area contributed by atoms with Crippen molar-refractivity contribution in [2.45, 2.75) is 32.4 Å². The summed E-state index contributed by atoms with van der Waals surface area (Å²) in [6, 6.07) is 2.83. The number of nitrogens with one attached hydrogen (secondary N) is 1. The molecule has 1 aliphatic heterocycles. The van der Waals surface area contributed by atoms with Crippen LogP contribution in [0.1, 0.15) is 25.3 Å². The third-order valence-electron chi connectivity index (χ3n) is 3.16. The summed E-state index contributed by atoms with van der Waals surface area (Å²) in [5.74, 6) is 0. The molecule has 0 aliphatic carbocycles. The predicted molar refractivity (Wildman–Crippen MR) is 71.3 cm³/mol. The van der Waals surface area contributed by atoms with Crippen LogP contribution in [-0.4, -0.2) is 30.6 Å². The van der Waals surface area contributed by atoms with Gasteiger partial charge in [-0.3, -0.25) is 4.90 Å². The highest BCUT2D eigenvalue weighted by Crippen LogP contribution is 2.25. The first-order chi connectivity index (χ1) is 7.81. The minimum atomic E-state index is 0.676. The van der Waals surface area contributed by atoms with E-state index in [2.05, 4.69) is 28.6 Å². The van der Waals surface area contributed by atoms with Gasteiger partial charge in [0.2, 0.25) is 0 Å².